The number of hydrogen-bond donors (Lipinski definition) is 0. The Balaban J connectivity index is 1.96. The van der Waals surface area contributed by atoms with Crippen LogP contribution in [0.25, 0.3) is 0 Å². The summed E-state index contributed by atoms with van der Waals surface area (Å²) in [6.45, 7) is 6.28. The first-order chi connectivity index (χ1) is 10.7. The van der Waals surface area contributed by atoms with Crippen molar-refractivity contribution in [1.29, 1.82) is 0 Å². The number of halogens is 1. The van der Waals surface area contributed by atoms with Crippen LogP contribution in [0.1, 0.15) is 27.2 Å². The molecular formula is C17H23FN2O3. The Morgan fingerprint density at radius 1 is 1.26 bits per heavy atom. The standard InChI is InChI=1S/C17H23FN2O3/c1-17(2,3)23-16(22)20-10-9-12(11-20)15(21)19(4)14-7-5-13(18)6-8-14/h5-8,12H,9-11H2,1-4H3. The number of hydrogen-bond acceptors (Lipinski definition) is 3. The highest BCUT2D eigenvalue weighted by Gasteiger charge is 2.34. The minimum atomic E-state index is -0.552. The average Bonchev–Trinajstić information content (AvgIpc) is 2.94. The van der Waals surface area contributed by atoms with Crippen molar-refractivity contribution >= 4 is 17.7 Å². The summed E-state index contributed by atoms with van der Waals surface area (Å²) in [6, 6.07) is 5.77. The molecule has 6 heteroatoms. The van der Waals surface area contributed by atoms with E-state index in [0.29, 0.717) is 25.2 Å². The molecule has 1 fully saturated rings. The van der Waals surface area contributed by atoms with Gasteiger partial charge in [0.05, 0.1) is 5.92 Å². The summed E-state index contributed by atoms with van der Waals surface area (Å²) in [7, 11) is 1.66. The molecule has 1 saturated heterocycles. The van der Waals surface area contributed by atoms with Crippen LogP contribution >= 0.6 is 0 Å². The number of ether oxygens (including phenoxy) is 1. The lowest BCUT2D eigenvalue weighted by molar-refractivity contribution is -0.121. The second-order valence-corrected chi connectivity index (χ2v) is 6.79. The second kappa shape index (κ2) is 6.56. The number of nitrogens with zero attached hydrogens (tertiary/aromatic N) is 2. The van der Waals surface area contributed by atoms with Crippen LogP contribution < -0.4 is 4.90 Å². The Morgan fingerprint density at radius 3 is 2.43 bits per heavy atom. The molecule has 1 heterocycles. The molecule has 2 amide bonds. The Labute approximate surface area is 136 Å². The monoisotopic (exact) mass is 322 g/mol. The van der Waals surface area contributed by atoms with Crippen molar-refractivity contribution in [2.24, 2.45) is 5.92 Å². The van der Waals surface area contributed by atoms with Gasteiger partial charge in [-0.3, -0.25) is 4.79 Å². The van der Waals surface area contributed by atoms with Crippen LogP contribution in [0.15, 0.2) is 24.3 Å². The normalized spacial score (nSPS) is 18.0. The Hall–Kier alpha value is -2.11. The zero-order valence-corrected chi connectivity index (χ0v) is 14.0. The van der Waals surface area contributed by atoms with Crippen molar-refractivity contribution in [3.05, 3.63) is 30.1 Å². The van der Waals surface area contributed by atoms with Gasteiger partial charge in [-0.1, -0.05) is 0 Å². The van der Waals surface area contributed by atoms with E-state index in [4.69, 9.17) is 4.74 Å². The molecule has 0 radical (unpaired) electrons. The molecule has 1 aromatic rings. The molecule has 0 bridgehead atoms. The van der Waals surface area contributed by atoms with Crippen LogP contribution in [-0.2, 0) is 9.53 Å². The van der Waals surface area contributed by atoms with Crippen LogP contribution in [0.4, 0.5) is 14.9 Å². The van der Waals surface area contributed by atoms with Crippen molar-refractivity contribution in [2.75, 3.05) is 25.0 Å². The van der Waals surface area contributed by atoms with Crippen molar-refractivity contribution in [3.63, 3.8) is 0 Å². The molecule has 1 aromatic carbocycles. The first-order valence-corrected chi connectivity index (χ1v) is 7.68. The van der Waals surface area contributed by atoms with E-state index in [1.807, 2.05) is 20.8 Å². The number of benzene rings is 1. The SMILES string of the molecule is CN(C(=O)C1CCN(C(=O)OC(C)(C)C)C1)c1ccc(F)cc1. The minimum absolute atomic E-state index is 0.0809. The van der Waals surface area contributed by atoms with Crippen molar-refractivity contribution in [1.82, 2.24) is 4.90 Å². The van der Waals surface area contributed by atoms with Crippen molar-refractivity contribution < 1.29 is 18.7 Å². The van der Waals surface area contributed by atoms with Gasteiger partial charge >= 0.3 is 6.09 Å². The van der Waals surface area contributed by atoms with Crippen LogP contribution in [0.2, 0.25) is 0 Å². The molecular weight excluding hydrogens is 299 g/mol. The number of carbonyl (C=O) groups is 2. The maximum atomic E-state index is 13.0. The zero-order valence-electron chi connectivity index (χ0n) is 14.0. The molecule has 0 saturated carbocycles. The van der Waals surface area contributed by atoms with Gasteiger partial charge in [0.1, 0.15) is 11.4 Å². The zero-order chi connectivity index (χ0) is 17.2. The number of amides is 2. The maximum absolute atomic E-state index is 13.0. The third-order valence-corrected chi connectivity index (χ3v) is 3.73. The van der Waals surface area contributed by atoms with Crippen molar-refractivity contribution in [2.45, 2.75) is 32.8 Å². The first kappa shape index (κ1) is 17.2. The molecule has 1 aliphatic heterocycles. The topological polar surface area (TPSA) is 49.9 Å². The third-order valence-electron chi connectivity index (χ3n) is 3.73. The van der Waals surface area contributed by atoms with Crippen LogP contribution in [-0.4, -0.2) is 42.6 Å². The fourth-order valence-corrected chi connectivity index (χ4v) is 2.52. The molecule has 1 unspecified atom stereocenters. The van der Waals surface area contributed by atoms with Gasteiger partial charge in [-0.25, -0.2) is 9.18 Å². The van der Waals surface area contributed by atoms with E-state index in [0.717, 1.165) is 0 Å². The summed E-state index contributed by atoms with van der Waals surface area (Å²) in [4.78, 5) is 27.6. The van der Waals surface area contributed by atoms with E-state index < -0.39 is 11.7 Å². The Kier molecular flexibility index (Phi) is 4.92. The van der Waals surface area contributed by atoms with Gasteiger partial charge in [0, 0.05) is 25.8 Å². The number of rotatable bonds is 2. The van der Waals surface area contributed by atoms with Crippen LogP contribution in [0.5, 0.6) is 0 Å². The predicted octanol–water partition coefficient (Wildman–Crippen LogP) is 3.05. The van der Waals surface area contributed by atoms with Gasteiger partial charge in [-0.2, -0.15) is 0 Å². The van der Waals surface area contributed by atoms with Gasteiger partial charge < -0.3 is 14.5 Å². The fraction of sp³-hybridized carbons (Fsp3) is 0.529. The summed E-state index contributed by atoms with van der Waals surface area (Å²) in [5.74, 6) is -0.688. The average molecular weight is 322 g/mol. The van der Waals surface area contributed by atoms with E-state index in [-0.39, 0.29) is 17.6 Å². The molecule has 0 N–H and O–H groups in total. The molecule has 5 nitrogen and oxygen atoms in total. The smallest absolute Gasteiger partial charge is 0.410 e. The Bertz CT molecular complexity index is 580. The predicted molar refractivity (Wildman–Crippen MR) is 85.7 cm³/mol. The highest BCUT2D eigenvalue weighted by atomic mass is 19.1. The number of anilines is 1. The molecule has 126 valence electrons. The van der Waals surface area contributed by atoms with Gasteiger partial charge in [0.25, 0.3) is 0 Å². The molecule has 2 rings (SSSR count). The Morgan fingerprint density at radius 2 is 1.87 bits per heavy atom. The van der Waals surface area contributed by atoms with E-state index >= 15 is 0 Å². The summed E-state index contributed by atoms with van der Waals surface area (Å²) in [5, 5.41) is 0. The van der Waals surface area contributed by atoms with Crippen LogP contribution in [0.3, 0.4) is 0 Å². The van der Waals surface area contributed by atoms with E-state index in [9.17, 15) is 14.0 Å². The van der Waals surface area contributed by atoms with Crippen LogP contribution in [0, 0.1) is 11.7 Å². The van der Waals surface area contributed by atoms with Crippen molar-refractivity contribution in [3.8, 4) is 0 Å². The lowest BCUT2D eigenvalue weighted by atomic mass is 10.1. The summed E-state index contributed by atoms with van der Waals surface area (Å²) in [6.07, 6.45) is 0.209. The highest BCUT2D eigenvalue weighted by molar-refractivity contribution is 5.95. The molecule has 0 spiro atoms. The summed E-state index contributed by atoms with van der Waals surface area (Å²) in [5.41, 5.74) is 0.0801. The minimum Gasteiger partial charge on any atom is -0.444 e. The first-order valence-electron chi connectivity index (χ1n) is 7.68. The lowest BCUT2D eigenvalue weighted by Crippen LogP contribution is -2.38. The lowest BCUT2D eigenvalue weighted by Gasteiger charge is -2.25. The van der Waals surface area contributed by atoms with E-state index in [1.165, 1.54) is 17.0 Å². The molecule has 1 atom stereocenters. The molecule has 0 aromatic heterocycles. The van der Waals surface area contributed by atoms with E-state index in [1.54, 1.807) is 24.1 Å². The molecule has 0 aliphatic carbocycles. The van der Waals surface area contributed by atoms with E-state index in [2.05, 4.69) is 0 Å². The molecule has 1 aliphatic rings. The fourth-order valence-electron chi connectivity index (χ4n) is 2.52. The quantitative estimate of drug-likeness (QED) is 0.841. The highest BCUT2D eigenvalue weighted by Crippen LogP contribution is 2.23. The summed E-state index contributed by atoms with van der Waals surface area (Å²) >= 11 is 0. The van der Waals surface area contributed by atoms with Gasteiger partial charge in [0.15, 0.2) is 0 Å². The third kappa shape index (κ3) is 4.43. The van der Waals surface area contributed by atoms with Gasteiger partial charge in [0.2, 0.25) is 5.91 Å². The second-order valence-electron chi connectivity index (χ2n) is 6.79. The molecule has 23 heavy (non-hydrogen) atoms. The largest absolute Gasteiger partial charge is 0.444 e. The summed E-state index contributed by atoms with van der Waals surface area (Å²) < 4.78 is 18.3. The van der Waals surface area contributed by atoms with Gasteiger partial charge in [-0.15, -0.1) is 0 Å². The number of carbonyl (C=O) groups excluding carboxylic acids is 2. The van der Waals surface area contributed by atoms with Gasteiger partial charge in [-0.05, 0) is 51.5 Å². The maximum Gasteiger partial charge on any atom is 0.410 e. The number of likely N-dealkylation sites (tertiary alicyclic amines) is 1.